The summed E-state index contributed by atoms with van der Waals surface area (Å²) in [5.74, 6) is 0.432. The number of hydrogen-bond donors (Lipinski definition) is 1. The SMILES string of the molecule is COc1ccc(Cl)cc1C(F)(CN)c1ccccc1. The summed E-state index contributed by atoms with van der Waals surface area (Å²) in [6.07, 6.45) is 0. The van der Waals surface area contributed by atoms with E-state index >= 15 is 4.39 Å². The highest BCUT2D eigenvalue weighted by atomic mass is 35.5. The van der Waals surface area contributed by atoms with Crippen molar-refractivity contribution < 1.29 is 9.13 Å². The standard InChI is InChI=1S/C15H15ClFNO/c1-19-14-8-7-12(16)9-13(14)15(17,10-18)11-5-3-2-4-6-11/h2-9H,10,18H2,1H3. The number of hydrogen-bond acceptors (Lipinski definition) is 2. The zero-order chi connectivity index (χ0) is 13.9. The van der Waals surface area contributed by atoms with Crippen molar-refractivity contribution in [3.05, 3.63) is 64.7 Å². The van der Waals surface area contributed by atoms with Crippen LogP contribution in [-0.2, 0) is 5.67 Å². The highest BCUT2D eigenvalue weighted by molar-refractivity contribution is 6.30. The molecule has 4 heteroatoms. The van der Waals surface area contributed by atoms with Gasteiger partial charge in [0.05, 0.1) is 7.11 Å². The molecular weight excluding hydrogens is 265 g/mol. The average molecular weight is 280 g/mol. The van der Waals surface area contributed by atoms with Crippen LogP contribution in [0.3, 0.4) is 0 Å². The van der Waals surface area contributed by atoms with E-state index in [-0.39, 0.29) is 6.54 Å². The maximum absolute atomic E-state index is 15.3. The Morgan fingerprint density at radius 3 is 2.47 bits per heavy atom. The van der Waals surface area contributed by atoms with Gasteiger partial charge in [-0.3, -0.25) is 0 Å². The monoisotopic (exact) mass is 279 g/mol. The third kappa shape index (κ3) is 2.57. The minimum atomic E-state index is -1.82. The molecule has 0 aliphatic heterocycles. The molecule has 1 unspecified atom stereocenters. The molecule has 0 bridgehead atoms. The van der Waals surface area contributed by atoms with E-state index in [1.165, 1.54) is 7.11 Å². The Bertz CT molecular complexity index is 561. The van der Waals surface area contributed by atoms with Gasteiger partial charge >= 0.3 is 0 Å². The highest BCUT2D eigenvalue weighted by Gasteiger charge is 2.35. The molecule has 2 aromatic carbocycles. The number of halogens is 2. The second-order valence-electron chi connectivity index (χ2n) is 4.22. The number of nitrogens with two attached hydrogens (primary N) is 1. The summed E-state index contributed by atoms with van der Waals surface area (Å²) < 4.78 is 20.6. The number of benzene rings is 2. The van der Waals surface area contributed by atoms with Crippen molar-refractivity contribution in [2.75, 3.05) is 13.7 Å². The van der Waals surface area contributed by atoms with Gasteiger partial charge in [-0.05, 0) is 23.8 Å². The van der Waals surface area contributed by atoms with Gasteiger partial charge in [0, 0.05) is 17.1 Å². The van der Waals surface area contributed by atoms with Gasteiger partial charge < -0.3 is 10.5 Å². The second-order valence-corrected chi connectivity index (χ2v) is 4.65. The van der Waals surface area contributed by atoms with Gasteiger partial charge in [-0.1, -0.05) is 41.9 Å². The quantitative estimate of drug-likeness (QED) is 0.929. The lowest BCUT2D eigenvalue weighted by atomic mass is 9.87. The van der Waals surface area contributed by atoms with Crippen LogP contribution in [0.1, 0.15) is 11.1 Å². The first kappa shape index (κ1) is 13.8. The van der Waals surface area contributed by atoms with Crippen LogP contribution in [0.4, 0.5) is 4.39 Å². The Hall–Kier alpha value is -1.58. The minimum absolute atomic E-state index is 0.187. The second kappa shape index (κ2) is 5.59. The van der Waals surface area contributed by atoms with E-state index in [1.54, 1.807) is 42.5 Å². The molecule has 2 N–H and O–H groups in total. The molecule has 0 aliphatic carbocycles. The average Bonchev–Trinajstić information content (AvgIpc) is 2.47. The van der Waals surface area contributed by atoms with Crippen molar-refractivity contribution in [1.82, 2.24) is 0 Å². The van der Waals surface area contributed by atoms with E-state index in [4.69, 9.17) is 22.1 Å². The normalized spacial score (nSPS) is 13.9. The highest BCUT2D eigenvalue weighted by Crippen LogP contribution is 2.39. The molecule has 0 spiro atoms. The zero-order valence-electron chi connectivity index (χ0n) is 10.6. The Morgan fingerprint density at radius 2 is 1.89 bits per heavy atom. The van der Waals surface area contributed by atoms with Gasteiger partial charge in [-0.2, -0.15) is 0 Å². The first-order valence-electron chi connectivity index (χ1n) is 5.90. The van der Waals surface area contributed by atoms with Crippen LogP contribution in [0.5, 0.6) is 5.75 Å². The van der Waals surface area contributed by atoms with Crippen LogP contribution in [-0.4, -0.2) is 13.7 Å². The zero-order valence-corrected chi connectivity index (χ0v) is 11.3. The van der Waals surface area contributed by atoms with Crippen LogP contribution in [0, 0.1) is 0 Å². The summed E-state index contributed by atoms with van der Waals surface area (Å²) in [5.41, 5.74) is 4.68. The fraction of sp³-hybridized carbons (Fsp3) is 0.200. The number of methoxy groups -OCH3 is 1. The number of ether oxygens (including phenoxy) is 1. The lowest BCUT2D eigenvalue weighted by Gasteiger charge is -2.26. The topological polar surface area (TPSA) is 35.2 Å². The first-order chi connectivity index (χ1) is 9.11. The summed E-state index contributed by atoms with van der Waals surface area (Å²) in [5, 5.41) is 0.446. The van der Waals surface area contributed by atoms with Crippen LogP contribution in [0.25, 0.3) is 0 Å². The third-order valence-electron chi connectivity index (χ3n) is 3.10. The van der Waals surface area contributed by atoms with Crippen LogP contribution >= 0.6 is 11.6 Å². The van der Waals surface area contributed by atoms with Crippen molar-refractivity contribution in [2.45, 2.75) is 5.67 Å². The molecule has 2 nitrogen and oxygen atoms in total. The van der Waals surface area contributed by atoms with E-state index in [0.717, 1.165) is 0 Å². The molecule has 2 aromatic rings. The van der Waals surface area contributed by atoms with E-state index in [0.29, 0.717) is 21.9 Å². The maximum atomic E-state index is 15.3. The van der Waals surface area contributed by atoms with Crippen molar-refractivity contribution in [3.63, 3.8) is 0 Å². The number of rotatable bonds is 4. The van der Waals surface area contributed by atoms with E-state index in [1.807, 2.05) is 6.07 Å². The van der Waals surface area contributed by atoms with Gasteiger partial charge in [0.1, 0.15) is 5.75 Å². The predicted molar refractivity (Wildman–Crippen MR) is 75.4 cm³/mol. The van der Waals surface area contributed by atoms with Gasteiger partial charge in [0.15, 0.2) is 5.67 Å². The van der Waals surface area contributed by atoms with E-state index < -0.39 is 5.67 Å². The summed E-state index contributed by atoms with van der Waals surface area (Å²) >= 11 is 5.96. The fourth-order valence-corrected chi connectivity index (χ4v) is 2.25. The van der Waals surface area contributed by atoms with Crippen molar-refractivity contribution >= 4 is 11.6 Å². The lowest BCUT2D eigenvalue weighted by molar-refractivity contribution is 0.224. The van der Waals surface area contributed by atoms with Gasteiger partial charge in [0.25, 0.3) is 0 Å². The Morgan fingerprint density at radius 1 is 1.21 bits per heavy atom. The summed E-state index contributed by atoms with van der Waals surface area (Å²) in [4.78, 5) is 0. The van der Waals surface area contributed by atoms with Gasteiger partial charge in [0.2, 0.25) is 0 Å². The smallest absolute Gasteiger partial charge is 0.176 e. The molecule has 0 radical (unpaired) electrons. The number of alkyl halides is 1. The molecule has 2 rings (SSSR count). The molecule has 0 aliphatic rings. The molecule has 0 fully saturated rings. The molecule has 1 atom stereocenters. The summed E-state index contributed by atoms with van der Waals surface area (Å²) in [6.45, 7) is -0.187. The lowest BCUT2D eigenvalue weighted by Crippen LogP contribution is -2.32. The maximum Gasteiger partial charge on any atom is 0.176 e. The van der Waals surface area contributed by atoms with E-state index in [9.17, 15) is 0 Å². The molecule has 0 saturated carbocycles. The van der Waals surface area contributed by atoms with Crippen molar-refractivity contribution in [1.29, 1.82) is 0 Å². The minimum Gasteiger partial charge on any atom is -0.496 e. The van der Waals surface area contributed by atoms with E-state index in [2.05, 4.69) is 0 Å². The Kier molecular flexibility index (Phi) is 4.08. The molecule has 0 amide bonds. The Labute approximate surface area is 117 Å². The molecule has 0 heterocycles. The van der Waals surface area contributed by atoms with Gasteiger partial charge in [-0.15, -0.1) is 0 Å². The fourth-order valence-electron chi connectivity index (χ4n) is 2.08. The van der Waals surface area contributed by atoms with Crippen LogP contribution in [0.15, 0.2) is 48.5 Å². The Balaban J connectivity index is 2.62. The molecule has 100 valence electrons. The molecule has 0 aromatic heterocycles. The van der Waals surface area contributed by atoms with Crippen LogP contribution in [0.2, 0.25) is 5.02 Å². The molecular formula is C15H15ClFNO. The third-order valence-corrected chi connectivity index (χ3v) is 3.34. The van der Waals surface area contributed by atoms with Crippen molar-refractivity contribution in [2.24, 2.45) is 5.73 Å². The summed E-state index contributed by atoms with van der Waals surface area (Å²) in [7, 11) is 1.49. The van der Waals surface area contributed by atoms with Gasteiger partial charge in [-0.25, -0.2) is 4.39 Å². The molecule has 0 saturated heterocycles. The predicted octanol–water partition coefficient (Wildman–Crippen LogP) is 3.52. The first-order valence-corrected chi connectivity index (χ1v) is 6.28. The van der Waals surface area contributed by atoms with Crippen molar-refractivity contribution in [3.8, 4) is 5.75 Å². The summed E-state index contributed by atoms with van der Waals surface area (Å²) in [6, 6.07) is 13.6. The molecule has 19 heavy (non-hydrogen) atoms. The largest absolute Gasteiger partial charge is 0.496 e. The van der Waals surface area contributed by atoms with Crippen LogP contribution < -0.4 is 10.5 Å².